The van der Waals surface area contributed by atoms with Gasteiger partial charge in [-0.3, -0.25) is 4.79 Å². The normalized spacial score (nSPS) is 19.2. The summed E-state index contributed by atoms with van der Waals surface area (Å²) in [7, 11) is 0. The molecule has 0 radical (unpaired) electrons. The van der Waals surface area contributed by atoms with Crippen molar-refractivity contribution in [1.29, 1.82) is 0 Å². The van der Waals surface area contributed by atoms with Crippen molar-refractivity contribution in [2.45, 2.75) is 32.6 Å². The van der Waals surface area contributed by atoms with Gasteiger partial charge in [-0.1, -0.05) is 74.5 Å². The van der Waals surface area contributed by atoms with Crippen LogP contribution in [0, 0.1) is 11.8 Å². The molecule has 1 fully saturated rings. The standard InChI is InChI=1S/C21H24N2O/c1-15(2)16(3)22-23-20(24)19-14-21(19,17-10-6-4-7-11-17)18-12-8-5-9-13-18/h4-13,15,19H,14H2,1-3H3,(H,23,24)/b22-16+. The molecule has 3 heteroatoms. The highest BCUT2D eigenvalue weighted by atomic mass is 16.2. The second-order valence-electron chi connectivity index (χ2n) is 6.84. The molecule has 0 aliphatic heterocycles. The zero-order valence-electron chi connectivity index (χ0n) is 14.5. The molecule has 1 unspecified atom stereocenters. The summed E-state index contributed by atoms with van der Waals surface area (Å²) < 4.78 is 0. The molecule has 1 aliphatic carbocycles. The summed E-state index contributed by atoms with van der Waals surface area (Å²) in [5.41, 5.74) is 5.87. The van der Waals surface area contributed by atoms with Crippen LogP contribution in [0.1, 0.15) is 38.3 Å². The molecule has 1 atom stereocenters. The molecule has 1 saturated carbocycles. The average Bonchev–Trinajstić information content (AvgIpc) is 3.38. The maximum absolute atomic E-state index is 12.7. The van der Waals surface area contributed by atoms with Crippen LogP contribution in [0.3, 0.4) is 0 Å². The number of rotatable bonds is 5. The SMILES string of the molecule is C/C(=N\NC(=O)C1CC1(c1ccccc1)c1ccccc1)C(C)C. The van der Waals surface area contributed by atoms with Crippen molar-refractivity contribution in [2.24, 2.45) is 16.9 Å². The molecule has 1 amide bonds. The molecule has 0 spiro atoms. The molecule has 2 aromatic rings. The first kappa shape index (κ1) is 16.4. The van der Waals surface area contributed by atoms with E-state index in [1.807, 2.05) is 43.3 Å². The van der Waals surface area contributed by atoms with Crippen LogP contribution in [0.15, 0.2) is 65.8 Å². The molecular formula is C21H24N2O. The van der Waals surface area contributed by atoms with Crippen LogP contribution in [0.4, 0.5) is 0 Å². The lowest BCUT2D eigenvalue weighted by molar-refractivity contribution is -0.122. The van der Waals surface area contributed by atoms with Gasteiger partial charge < -0.3 is 0 Å². The molecule has 0 heterocycles. The number of nitrogens with one attached hydrogen (secondary N) is 1. The lowest BCUT2D eigenvalue weighted by Crippen LogP contribution is -2.26. The lowest BCUT2D eigenvalue weighted by Gasteiger charge is -2.18. The molecule has 0 saturated heterocycles. The van der Waals surface area contributed by atoms with Crippen LogP contribution < -0.4 is 5.43 Å². The highest BCUT2D eigenvalue weighted by Crippen LogP contribution is 2.58. The zero-order valence-corrected chi connectivity index (χ0v) is 14.5. The van der Waals surface area contributed by atoms with Crippen molar-refractivity contribution in [3.8, 4) is 0 Å². The number of nitrogens with zero attached hydrogens (tertiary/aromatic N) is 1. The van der Waals surface area contributed by atoms with Crippen LogP contribution >= 0.6 is 0 Å². The van der Waals surface area contributed by atoms with E-state index in [1.165, 1.54) is 11.1 Å². The van der Waals surface area contributed by atoms with E-state index >= 15 is 0 Å². The highest BCUT2D eigenvalue weighted by molar-refractivity contribution is 5.89. The molecule has 0 bridgehead atoms. The first-order valence-electron chi connectivity index (χ1n) is 8.51. The Morgan fingerprint density at radius 3 is 2.00 bits per heavy atom. The summed E-state index contributed by atoms with van der Waals surface area (Å²) >= 11 is 0. The molecule has 1 aliphatic rings. The van der Waals surface area contributed by atoms with E-state index < -0.39 is 0 Å². The molecular weight excluding hydrogens is 296 g/mol. The predicted octanol–water partition coefficient (Wildman–Crippen LogP) is 4.14. The summed E-state index contributed by atoms with van der Waals surface area (Å²) in [6.07, 6.45) is 0.823. The van der Waals surface area contributed by atoms with Crippen LogP contribution in [-0.4, -0.2) is 11.6 Å². The maximum Gasteiger partial charge on any atom is 0.244 e. The van der Waals surface area contributed by atoms with Crippen LogP contribution in [0.25, 0.3) is 0 Å². The van der Waals surface area contributed by atoms with Gasteiger partial charge in [0.15, 0.2) is 0 Å². The Morgan fingerprint density at radius 2 is 1.54 bits per heavy atom. The number of benzene rings is 2. The molecule has 24 heavy (non-hydrogen) atoms. The summed E-state index contributed by atoms with van der Waals surface area (Å²) in [6, 6.07) is 20.6. The first-order valence-corrected chi connectivity index (χ1v) is 8.51. The van der Waals surface area contributed by atoms with Crippen molar-refractivity contribution in [3.05, 3.63) is 71.8 Å². The highest BCUT2D eigenvalue weighted by Gasteiger charge is 2.60. The number of hydrazone groups is 1. The monoisotopic (exact) mass is 320 g/mol. The minimum atomic E-state index is -0.228. The molecule has 2 aromatic carbocycles. The number of amides is 1. The van der Waals surface area contributed by atoms with Crippen molar-refractivity contribution in [2.75, 3.05) is 0 Å². The Hall–Kier alpha value is -2.42. The molecule has 3 rings (SSSR count). The van der Waals surface area contributed by atoms with Gasteiger partial charge in [0.25, 0.3) is 0 Å². The zero-order chi connectivity index (χ0) is 17.2. The van der Waals surface area contributed by atoms with E-state index in [0.29, 0.717) is 5.92 Å². The Labute approximate surface area is 143 Å². The van der Waals surface area contributed by atoms with Gasteiger partial charge in [-0.25, -0.2) is 5.43 Å². The van der Waals surface area contributed by atoms with Gasteiger partial charge >= 0.3 is 0 Å². The number of carbonyl (C=O) groups is 1. The third-order valence-corrected chi connectivity index (χ3v) is 5.03. The Kier molecular flexibility index (Phi) is 4.52. The molecule has 1 N–H and O–H groups in total. The fourth-order valence-corrected chi connectivity index (χ4v) is 3.21. The fourth-order valence-electron chi connectivity index (χ4n) is 3.21. The van der Waals surface area contributed by atoms with E-state index in [1.54, 1.807) is 0 Å². The van der Waals surface area contributed by atoms with Crippen LogP contribution in [-0.2, 0) is 10.2 Å². The number of hydrogen-bond donors (Lipinski definition) is 1. The largest absolute Gasteiger partial charge is 0.273 e. The third kappa shape index (κ3) is 2.99. The van der Waals surface area contributed by atoms with E-state index in [2.05, 4.69) is 48.6 Å². The minimum absolute atomic E-state index is 0.00251. The van der Waals surface area contributed by atoms with Gasteiger partial charge in [0.1, 0.15) is 0 Å². The second-order valence-corrected chi connectivity index (χ2v) is 6.84. The second kappa shape index (κ2) is 6.60. The third-order valence-electron chi connectivity index (χ3n) is 5.03. The van der Waals surface area contributed by atoms with E-state index in [0.717, 1.165) is 12.1 Å². The van der Waals surface area contributed by atoms with Gasteiger partial charge in [-0.15, -0.1) is 0 Å². The Morgan fingerprint density at radius 1 is 1.04 bits per heavy atom. The van der Waals surface area contributed by atoms with Crippen LogP contribution in [0.5, 0.6) is 0 Å². The van der Waals surface area contributed by atoms with Gasteiger partial charge in [0.2, 0.25) is 5.91 Å². The molecule has 124 valence electrons. The van der Waals surface area contributed by atoms with Gasteiger partial charge in [-0.2, -0.15) is 5.10 Å². The Balaban J connectivity index is 1.88. The number of hydrogen-bond acceptors (Lipinski definition) is 2. The molecule has 0 aromatic heterocycles. The smallest absolute Gasteiger partial charge is 0.244 e. The predicted molar refractivity (Wildman–Crippen MR) is 97.9 cm³/mol. The van der Waals surface area contributed by atoms with Crippen molar-refractivity contribution < 1.29 is 4.79 Å². The summed E-state index contributed by atoms with van der Waals surface area (Å²) in [5, 5.41) is 4.25. The molecule has 3 nitrogen and oxygen atoms in total. The minimum Gasteiger partial charge on any atom is -0.273 e. The van der Waals surface area contributed by atoms with E-state index in [-0.39, 0.29) is 17.2 Å². The first-order chi connectivity index (χ1) is 11.6. The van der Waals surface area contributed by atoms with Crippen molar-refractivity contribution in [3.63, 3.8) is 0 Å². The average molecular weight is 320 g/mol. The summed E-state index contributed by atoms with van der Waals surface area (Å²) in [6.45, 7) is 6.08. The van der Waals surface area contributed by atoms with Crippen molar-refractivity contribution in [1.82, 2.24) is 5.43 Å². The maximum atomic E-state index is 12.7. The summed E-state index contributed by atoms with van der Waals surface area (Å²) in [4.78, 5) is 12.7. The van der Waals surface area contributed by atoms with Gasteiger partial charge in [0.05, 0.1) is 5.92 Å². The van der Waals surface area contributed by atoms with Gasteiger partial charge in [-0.05, 0) is 30.4 Å². The number of carbonyl (C=O) groups excluding carboxylic acids is 1. The quantitative estimate of drug-likeness (QED) is 0.653. The lowest BCUT2D eigenvalue weighted by atomic mass is 9.85. The van der Waals surface area contributed by atoms with Crippen LogP contribution in [0.2, 0.25) is 0 Å². The fraction of sp³-hybridized carbons (Fsp3) is 0.333. The Bertz CT molecular complexity index is 695. The topological polar surface area (TPSA) is 41.5 Å². The summed E-state index contributed by atoms with van der Waals surface area (Å²) in [5.74, 6) is 0.256. The van der Waals surface area contributed by atoms with Crippen molar-refractivity contribution >= 4 is 11.6 Å². The van der Waals surface area contributed by atoms with E-state index in [9.17, 15) is 4.79 Å². The van der Waals surface area contributed by atoms with Gasteiger partial charge in [0, 0.05) is 11.1 Å². The van der Waals surface area contributed by atoms with E-state index in [4.69, 9.17) is 0 Å².